The van der Waals surface area contributed by atoms with E-state index in [9.17, 15) is 4.79 Å². The Hall–Kier alpha value is -1.17. The molecule has 0 saturated carbocycles. The minimum absolute atomic E-state index is 0.104. The van der Waals surface area contributed by atoms with Gasteiger partial charge in [-0.1, -0.05) is 12.2 Å². The van der Waals surface area contributed by atoms with Crippen LogP contribution in [0.2, 0.25) is 0 Å². The summed E-state index contributed by atoms with van der Waals surface area (Å²) in [5.74, 6) is -0.787. The number of nitrogens with one attached hydrogen (secondary N) is 1. The zero-order valence-electron chi connectivity index (χ0n) is 10.6. The average molecular weight is 269 g/mol. The number of hydrogen-bond acceptors (Lipinski definition) is 4. The van der Waals surface area contributed by atoms with Gasteiger partial charge in [0.05, 0.1) is 19.6 Å². The number of carbonyl (C=O) groups is 1. The maximum absolute atomic E-state index is 10.5. The number of aliphatic carboxylic acids is 1. The highest BCUT2D eigenvalue weighted by Gasteiger charge is 2.04. The number of thiophene rings is 1. The molecule has 5 heteroatoms. The van der Waals surface area contributed by atoms with Gasteiger partial charge in [0.2, 0.25) is 0 Å². The molecule has 0 spiro atoms. The van der Waals surface area contributed by atoms with Gasteiger partial charge in [0.1, 0.15) is 0 Å². The minimum Gasteiger partial charge on any atom is -0.481 e. The highest BCUT2D eigenvalue weighted by Crippen LogP contribution is 2.16. The first-order valence-electron chi connectivity index (χ1n) is 5.80. The van der Waals surface area contributed by atoms with Gasteiger partial charge in [-0.05, 0) is 19.1 Å². The summed E-state index contributed by atoms with van der Waals surface area (Å²) >= 11 is 1.53. The van der Waals surface area contributed by atoms with Crippen LogP contribution < -0.4 is 5.32 Å². The van der Waals surface area contributed by atoms with E-state index in [0.29, 0.717) is 13.2 Å². The van der Waals surface area contributed by atoms with Crippen LogP contribution in [0, 0.1) is 0 Å². The van der Waals surface area contributed by atoms with Crippen molar-refractivity contribution >= 4 is 17.3 Å². The Bertz CT molecular complexity index is 401. The Morgan fingerprint density at radius 3 is 2.89 bits per heavy atom. The van der Waals surface area contributed by atoms with E-state index in [4.69, 9.17) is 9.84 Å². The summed E-state index contributed by atoms with van der Waals surface area (Å²) in [5, 5.41) is 11.9. The third-order valence-electron chi connectivity index (χ3n) is 2.11. The standard InChI is InChI=1S/C13H19NO3S/c1-10(2)9-17-6-5-14-8-12-4-3-11(18-12)7-13(15)16/h3-4,14H,1,5-9H2,2H3,(H,15,16). The van der Waals surface area contributed by atoms with Crippen molar-refractivity contribution < 1.29 is 14.6 Å². The van der Waals surface area contributed by atoms with E-state index in [2.05, 4.69) is 11.9 Å². The van der Waals surface area contributed by atoms with Crippen molar-refractivity contribution in [2.75, 3.05) is 19.8 Å². The molecule has 0 saturated heterocycles. The van der Waals surface area contributed by atoms with Gasteiger partial charge in [0.15, 0.2) is 0 Å². The first kappa shape index (κ1) is 14.9. The molecule has 0 radical (unpaired) electrons. The fourth-order valence-corrected chi connectivity index (χ4v) is 2.34. The first-order valence-corrected chi connectivity index (χ1v) is 6.62. The summed E-state index contributed by atoms with van der Waals surface area (Å²) in [7, 11) is 0. The Balaban J connectivity index is 2.13. The lowest BCUT2D eigenvalue weighted by molar-refractivity contribution is -0.136. The van der Waals surface area contributed by atoms with Gasteiger partial charge in [0.25, 0.3) is 0 Å². The molecule has 1 aromatic heterocycles. The predicted molar refractivity (Wildman–Crippen MR) is 73.0 cm³/mol. The van der Waals surface area contributed by atoms with Gasteiger partial charge in [-0.3, -0.25) is 4.79 Å². The number of rotatable bonds is 9. The smallest absolute Gasteiger partial charge is 0.308 e. The fourth-order valence-electron chi connectivity index (χ4n) is 1.36. The van der Waals surface area contributed by atoms with Crippen LogP contribution in [-0.4, -0.2) is 30.8 Å². The second kappa shape index (κ2) is 8.02. The average Bonchev–Trinajstić information content (AvgIpc) is 2.69. The predicted octanol–water partition coefficient (Wildman–Crippen LogP) is 2.06. The molecule has 18 heavy (non-hydrogen) atoms. The van der Waals surface area contributed by atoms with Crippen molar-refractivity contribution in [1.29, 1.82) is 0 Å². The summed E-state index contributed by atoms with van der Waals surface area (Å²) in [5.41, 5.74) is 1.02. The third kappa shape index (κ3) is 6.54. The van der Waals surface area contributed by atoms with Crippen LogP contribution in [0.15, 0.2) is 24.3 Å². The fraction of sp³-hybridized carbons (Fsp3) is 0.462. The summed E-state index contributed by atoms with van der Waals surface area (Å²) in [6, 6.07) is 3.83. The molecular weight excluding hydrogens is 250 g/mol. The van der Waals surface area contributed by atoms with Gasteiger partial charge in [-0.25, -0.2) is 0 Å². The topological polar surface area (TPSA) is 58.6 Å². The van der Waals surface area contributed by atoms with Crippen molar-refractivity contribution in [2.24, 2.45) is 0 Å². The molecule has 0 amide bonds. The van der Waals surface area contributed by atoms with Crippen molar-refractivity contribution in [1.82, 2.24) is 5.32 Å². The van der Waals surface area contributed by atoms with Crippen LogP contribution in [-0.2, 0) is 22.5 Å². The molecule has 1 heterocycles. The second-order valence-corrected chi connectivity index (χ2v) is 5.38. The lowest BCUT2D eigenvalue weighted by Crippen LogP contribution is -2.19. The van der Waals surface area contributed by atoms with Gasteiger partial charge in [-0.2, -0.15) is 0 Å². The maximum atomic E-state index is 10.5. The van der Waals surface area contributed by atoms with E-state index < -0.39 is 5.97 Å². The molecular formula is C13H19NO3S. The Kier molecular flexibility index (Phi) is 6.64. The highest BCUT2D eigenvalue weighted by molar-refractivity contribution is 7.12. The molecule has 100 valence electrons. The molecule has 0 aliphatic heterocycles. The summed E-state index contributed by atoms with van der Waals surface area (Å²) in [6.07, 6.45) is 0.104. The first-order chi connectivity index (χ1) is 8.58. The van der Waals surface area contributed by atoms with Gasteiger partial charge < -0.3 is 15.2 Å². The summed E-state index contributed by atoms with van der Waals surface area (Å²) in [6.45, 7) is 8.47. The minimum atomic E-state index is -0.787. The number of carboxylic acid groups (broad SMARTS) is 1. The van der Waals surface area contributed by atoms with Gasteiger partial charge in [-0.15, -0.1) is 11.3 Å². The van der Waals surface area contributed by atoms with E-state index in [1.807, 2.05) is 19.1 Å². The van der Waals surface area contributed by atoms with Crippen molar-refractivity contribution in [3.05, 3.63) is 34.0 Å². The van der Waals surface area contributed by atoms with E-state index in [0.717, 1.165) is 28.4 Å². The maximum Gasteiger partial charge on any atom is 0.308 e. The molecule has 0 aromatic carbocycles. The molecule has 1 aromatic rings. The molecule has 0 aliphatic carbocycles. The Labute approximate surface area is 111 Å². The number of carboxylic acids is 1. The molecule has 2 N–H and O–H groups in total. The summed E-state index contributed by atoms with van der Waals surface area (Å²) in [4.78, 5) is 12.6. The lowest BCUT2D eigenvalue weighted by atomic mass is 10.3. The van der Waals surface area contributed by atoms with Crippen molar-refractivity contribution in [3.63, 3.8) is 0 Å². The molecule has 1 rings (SSSR count). The van der Waals surface area contributed by atoms with E-state index in [-0.39, 0.29) is 6.42 Å². The van der Waals surface area contributed by atoms with Crippen LogP contribution in [0.25, 0.3) is 0 Å². The van der Waals surface area contributed by atoms with E-state index >= 15 is 0 Å². The summed E-state index contributed by atoms with van der Waals surface area (Å²) < 4.78 is 5.35. The zero-order chi connectivity index (χ0) is 13.4. The normalized spacial score (nSPS) is 10.5. The lowest BCUT2D eigenvalue weighted by Gasteiger charge is -2.04. The number of ether oxygens (including phenoxy) is 1. The van der Waals surface area contributed by atoms with Crippen LogP contribution >= 0.6 is 11.3 Å². The number of hydrogen-bond donors (Lipinski definition) is 2. The molecule has 0 unspecified atom stereocenters. The van der Waals surface area contributed by atoms with E-state index in [1.54, 1.807) is 0 Å². The van der Waals surface area contributed by atoms with Crippen LogP contribution in [0.4, 0.5) is 0 Å². The SMILES string of the molecule is C=C(C)COCCNCc1ccc(CC(=O)O)s1. The molecule has 0 fully saturated rings. The highest BCUT2D eigenvalue weighted by atomic mass is 32.1. The van der Waals surface area contributed by atoms with E-state index in [1.165, 1.54) is 11.3 Å². The zero-order valence-corrected chi connectivity index (χ0v) is 11.4. The van der Waals surface area contributed by atoms with Gasteiger partial charge in [0, 0.05) is 22.8 Å². The van der Waals surface area contributed by atoms with Crippen LogP contribution in [0.1, 0.15) is 16.7 Å². The third-order valence-corrected chi connectivity index (χ3v) is 3.20. The Morgan fingerprint density at radius 1 is 1.50 bits per heavy atom. The van der Waals surface area contributed by atoms with Gasteiger partial charge >= 0.3 is 5.97 Å². The molecule has 4 nitrogen and oxygen atoms in total. The second-order valence-electron chi connectivity index (χ2n) is 4.13. The largest absolute Gasteiger partial charge is 0.481 e. The van der Waals surface area contributed by atoms with Crippen LogP contribution in [0.3, 0.4) is 0 Å². The van der Waals surface area contributed by atoms with Crippen molar-refractivity contribution in [2.45, 2.75) is 19.9 Å². The molecule has 0 bridgehead atoms. The van der Waals surface area contributed by atoms with Crippen molar-refractivity contribution in [3.8, 4) is 0 Å². The van der Waals surface area contributed by atoms with Crippen LogP contribution in [0.5, 0.6) is 0 Å². The Morgan fingerprint density at radius 2 is 2.22 bits per heavy atom. The molecule has 0 atom stereocenters. The monoisotopic (exact) mass is 269 g/mol. The quantitative estimate of drug-likeness (QED) is 0.532. The molecule has 0 aliphatic rings.